The highest BCUT2D eigenvalue weighted by Crippen LogP contribution is 2.26. The molecule has 3 rings (SSSR count). The zero-order valence-electron chi connectivity index (χ0n) is 16.2. The van der Waals surface area contributed by atoms with Gasteiger partial charge in [0, 0.05) is 10.7 Å². The Labute approximate surface area is 178 Å². The normalized spacial score (nSPS) is 13.1. The van der Waals surface area contributed by atoms with E-state index in [2.05, 4.69) is 20.9 Å². The van der Waals surface area contributed by atoms with Crippen LogP contribution in [0.25, 0.3) is 0 Å². The number of aliphatic hydroxyl groups excluding tert-OH is 1. The molecule has 0 spiro atoms. The second-order valence-electron chi connectivity index (χ2n) is 6.94. The van der Waals surface area contributed by atoms with Gasteiger partial charge in [-0.2, -0.15) is 0 Å². The van der Waals surface area contributed by atoms with Gasteiger partial charge in [0.1, 0.15) is 18.1 Å². The molecule has 2 atom stereocenters. The topological polar surface area (TPSA) is 90.4 Å². The van der Waals surface area contributed by atoms with Crippen LogP contribution in [0.4, 0.5) is 0 Å². The average Bonchev–Trinajstić information content (AvgIpc) is 3.17. The number of carbonyl (C=O) groups is 1. The van der Waals surface area contributed by atoms with E-state index in [0.29, 0.717) is 19.4 Å². The van der Waals surface area contributed by atoms with Crippen molar-refractivity contribution in [1.29, 1.82) is 0 Å². The van der Waals surface area contributed by atoms with E-state index in [1.807, 2.05) is 48.5 Å². The van der Waals surface area contributed by atoms with Crippen LogP contribution in [0.5, 0.6) is 5.75 Å². The quantitative estimate of drug-likeness (QED) is 0.509. The van der Waals surface area contributed by atoms with Gasteiger partial charge in [-0.1, -0.05) is 46.3 Å². The molecule has 0 aliphatic carbocycles. The summed E-state index contributed by atoms with van der Waals surface area (Å²) in [6, 6.07) is 15.7. The van der Waals surface area contributed by atoms with E-state index in [0.717, 1.165) is 21.3 Å². The number of aryl methyl sites for hydroxylation is 1. The number of aliphatic hydroxyl groups is 1. The Morgan fingerprint density at radius 2 is 2.07 bits per heavy atom. The van der Waals surface area contributed by atoms with E-state index in [9.17, 15) is 9.90 Å². The van der Waals surface area contributed by atoms with Gasteiger partial charge in [-0.05, 0) is 49.1 Å². The maximum Gasteiger partial charge on any atom is 0.268 e. The number of rotatable bonds is 9. The Morgan fingerprint density at radius 3 is 2.76 bits per heavy atom. The van der Waals surface area contributed by atoms with E-state index in [1.54, 1.807) is 17.7 Å². The van der Waals surface area contributed by atoms with Crippen molar-refractivity contribution in [3.63, 3.8) is 0 Å². The zero-order chi connectivity index (χ0) is 20.8. The molecule has 152 valence electrons. The molecule has 1 heterocycles. The predicted molar refractivity (Wildman–Crippen MR) is 115 cm³/mol. The summed E-state index contributed by atoms with van der Waals surface area (Å²) in [4.78, 5) is 15.3. The molecule has 0 saturated carbocycles. The molecule has 0 fully saturated rings. The van der Waals surface area contributed by atoms with Gasteiger partial charge in [0.15, 0.2) is 0 Å². The number of hydrogen-bond donors (Lipinski definition) is 2. The molecule has 0 saturated heterocycles. The lowest BCUT2D eigenvalue weighted by Gasteiger charge is -2.22. The third-order valence-corrected chi connectivity index (χ3v) is 5.25. The molecule has 6 nitrogen and oxygen atoms in total. The lowest BCUT2D eigenvalue weighted by atomic mass is 10.0. The van der Waals surface area contributed by atoms with Crippen LogP contribution in [-0.2, 0) is 13.0 Å². The molecule has 7 heteroatoms. The van der Waals surface area contributed by atoms with E-state index in [-0.39, 0.29) is 11.7 Å². The molecule has 29 heavy (non-hydrogen) atoms. The van der Waals surface area contributed by atoms with Gasteiger partial charge in [-0.15, -0.1) is 0 Å². The van der Waals surface area contributed by atoms with Crippen molar-refractivity contribution in [3.8, 4) is 5.75 Å². The minimum absolute atomic E-state index is 0.188. The maximum atomic E-state index is 11.3. The van der Waals surface area contributed by atoms with Gasteiger partial charge in [0.2, 0.25) is 0 Å². The van der Waals surface area contributed by atoms with Crippen LogP contribution < -0.4 is 10.5 Å². The number of hydrogen-bond acceptors (Lipinski definition) is 4. The predicted octanol–water partition coefficient (Wildman–Crippen LogP) is 3.88. The molecule has 0 aliphatic heterocycles. The fourth-order valence-corrected chi connectivity index (χ4v) is 3.67. The molecule has 1 amide bonds. The number of carbonyl (C=O) groups excluding carboxylic acids is 1. The Balaban J connectivity index is 1.69. The smallest absolute Gasteiger partial charge is 0.268 e. The molecule has 1 aromatic heterocycles. The van der Waals surface area contributed by atoms with E-state index >= 15 is 0 Å². The third-order valence-electron chi connectivity index (χ3n) is 4.76. The average molecular weight is 458 g/mol. The van der Waals surface area contributed by atoms with E-state index < -0.39 is 12.0 Å². The molecule has 0 unspecified atom stereocenters. The SMILES string of the molecule is C[C@H](O)[C@@H](CCc1ccccc1OCc1cccc(Br)c1)n1cnc(C(N)=O)c1. The first-order valence-electron chi connectivity index (χ1n) is 9.40. The first-order chi connectivity index (χ1) is 13.9. The number of para-hydroxylation sites is 1. The number of nitrogens with two attached hydrogens (primary N) is 1. The van der Waals surface area contributed by atoms with Crippen LogP contribution in [0.15, 0.2) is 65.5 Å². The van der Waals surface area contributed by atoms with Crippen molar-refractivity contribution in [1.82, 2.24) is 9.55 Å². The summed E-state index contributed by atoms with van der Waals surface area (Å²) in [5.41, 5.74) is 7.61. The lowest BCUT2D eigenvalue weighted by Crippen LogP contribution is -2.21. The number of halogens is 1. The van der Waals surface area contributed by atoms with Crippen LogP contribution in [0.3, 0.4) is 0 Å². The summed E-state index contributed by atoms with van der Waals surface area (Å²) in [5, 5.41) is 10.2. The number of benzene rings is 2. The number of primary amides is 1. The second kappa shape index (κ2) is 9.71. The number of nitrogens with zero attached hydrogens (tertiary/aromatic N) is 2. The molecule has 0 radical (unpaired) electrons. The first kappa shape index (κ1) is 21.1. The first-order valence-corrected chi connectivity index (χ1v) is 10.2. The fraction of sp³-hybridized carbons (Fsp3) is 0.273. The van der Waals surface area contributed by atoms with E-state index in [4.69, 9.17) is 10.5 Å². The number of ether oxygens (including phenoxy) is 1. The van der Waals surface area contributed by atoms with Gasteiger partial charge < -0.3 is 20.1 Å². The van der Waals surface area contributed by atoms with E-state index in [1.165, 1.54) is 6.33 Å². The van der Waals surface area contributed by atoms with Gasteiger partial charge in [0.25, 0.3) is 5.91 Å². The van der Waals surface area contributed by atoms with Crippen LogP contribution in [0, 0.1) is 0 Å². The summed E-state index contributed by atoms with van der Waals surface area (Å²) in [6.45, 7) is 2.20. The molecular weight excluding hydrogens is 434 g/mol. The van der Waals surface area contributed by atoms with Crippen molar-refractivity contribution in [3.05, 3.63) is 82.3 Å². The minimum atomic E-state index is -0.611. The summed E-state index contributed by atoms with van der Waals surface area (Å²) in [7, 11) is 0. The van der Waals surface area contributed by atoms with Crippen molar-refractivity contribution in [2.24, 2.45) is 5.73 Å². The molecule has 0 aliphatic rings. The monoisotopic (exact) mass is 457 g/mol. The number of amides is 1. The van der Waals surface area contributed by atoms with Crippen LogP contribution in [0.2, 0.25) is 0 Å². The van der Waals surface area contributed by atoms with Gasteiger partial charge in [-0.25, -0.2) is 4.98 Å². The van der Waals surface area contributed by atoms with Crippen LogP contribution in [-0.4, -0.2) is 26.7 Å². The number of imidazole rings is 1. The minimum Gasteiger partial charge on any atom is -0.489 e. The lowest BCUT2D eigenvalue weighted by molar-refractivity contribution is 0.0994. The summed E-state index contributed by atoms with van der Waals surface area (Å²) < 4.78 is 8.81. The molecule has 3 aromatic rings. The van der Waals surface area contributed by atoms with Crippen LogP contribution >= 0.6 is 15.9 Å². The largest absolute Gasteiger partial charge is 0.489 e. The molecule has 3 N–H and O–H groups in total. The highest BCUT2D eigenvalue weighted by molar-refractivity contribution is 9.10. The highest BCUT2D eigenvalue weighted by Gasteiger charge is 2.19. The van der Waals surface area contributed by atoms with Crippen LogP contribution in [0.1, 0.15) is 41.0 Å². The summed E-state index contributed by atoms with van der Waals surface area (Å²) in [5.74, 6) is 0.236. The molecule has 0 bridgehead atoms. The van der Waals surface area contributed by atoms with Crippen molar-refractivity contribution >= 4 is 21.8 Å². The zero-order valence-corrected chi connectivity index (χ0v) is 17.7. The summed E-state index contributed by atoms with van der Waals surface area (Å²) >= 11 is 3.47. The van der Waals surface area contributed by atoms with Gasteiger partial charge >= 0.3 is 0 Å². The molecular formula is C22H24BrN3O3. The Hall–Kier alpha value is -2.64. The van der Waals surface area contributed by atoms with Crippen molar-refractivity contribution in [2.45, 2.75) is 38.5 Å². The summed E-state index contributed by atoms with van der Waals surface area (Å²) in [6.07, 6.45) is 3.86. The third kappa shape index (κ3) is 5.68. The Bertz CT molecular complexity index is 971. The Morgan fingerprint density at radius 1 is 1.28 bits per heavy atom. The molecule has 2 aromatic carbocycles. The highest BCUT2D eigenvalue weighted by atomic mass is 79.9. The number of aromatic nitrogens is 2. The van der Waals surface area contributed by atoms with Gasteiger partial charge in [0.05, 0.1) is 18.5 Å². The standard InChI is InChI=1S/C22H24BrN3O3/c1-15(27)20(26-12-19(22(24)28)25-14-26)10-9-17-6-2-3-8-21(17)29-13-16-5-4-7-18(23)11-16/h2-8,11-12,14-15,20,27H,9-10,13H2,1H3,(H2,24,28)/t15-,20+/m0/s1. The fourth-order valence-electron chi connectivity index (χ4n) is 3.23. The maximum absolute atomic E-state index is 11.3. The van der Waals surface area contributed by atoms with Crippen molar-refractivity contribution < 1.29 is 14.6 Å². The van der Waals surface area contributed by atoms with Gasteiger partial charge in [-0.3, -0.25) is 4.79 Å². The Kier molecular flexibility index (Phi) is 7.06. The van der Waals surface area contributed by atoms with Crippen molar-refractivity contribution in [2.75, 3.05) is 0 Å². The second-order valence-corrected chi connectivity index (χ2v) is 7.86.